The van der Waals surface area contributed by atoms with E-state index in [4.69, 9.17) is 16.6 Å². The number of benzene rings is 1. The fraction of sp³-hybridized carbons (Fsp3) is 0. The first-order valence-electron chi connectivity index (χ1n) is 6.50. The molecular formula is C12H11FN6O5S2. The Balaban J connectivity index is 2.27. The molecule has 0 saturated carbocycles. The molecule has 14 heteroatoms. The number of nitrogens with two attached hydrogens (primary N) is 2. The third kappa shape index (κ3) is 4.42. The lowest BCUT2D eigenvalue weighted by molar-refractivity contribution is 0.0692. The van der Waals surface area contributed by atoms with E-state index in [0.717, 1.165) is 29.0 Å². The second-order valence-electron chi connectivity index (χ2n) is 4.55. The minimum atomic E-state index is -4.29. The van der Waals surface area contributed by atoms with Crippen LogP contribution < -0.4 is 21.5 Å². The summed E-state index contributed by atoms with van der Waals surface area (Å²) in [4.78, 5) is 28.5. The molecule has 0 unspecified atom stereocenters. The summed E-state index contributed by atoms with van der Waals surface area (Å²) >= 11 is 0.749. The number of thiazole rings is 1. The number of amides is 2. The summed E-state index contributed by atoms with van der Waals surface area (Å²) in [6, 6.07) is 1.57. The average molecular weight is 402 g/mol. The van der Waals surface area contributed by atoms with Crippen LogP contribution in [0.15, 0.2) is 33.6 Å². The lowest BCUT2D eigenvalue weighted by Gasteiger charge is -2.09. The first-order valence-corrected chi connectivity index (χ1v) is 8.86. The van der Waals surface area contributed by atoms with Crippen molar-refractivity contribution in [1.29, 1.82) is 0 Å². The number of carboxylic acids is 1. The Morgan fingerprint density at radius 1 is 1.31 bits per heavy atom. The summed E-state index contributed by atoms with van der Waals surface area (Å²) in [6.45, 7) is 0. The third-order valence-corrected chi connectivity index (χ3v) is 4.94. The molecule has 0 aliphatic carbocycles. The van der Waals surface area contributed by atoms with E-state index in [2.05, 4.69) is 9.98 Å². The van der Waals surface area contributed by atoms with Gasteiger partial charge in [-0.2, -0.15) is 4.99 Å². The predicted molar refractivity (Wildman–Crippen MR) is 91.1 cm³/mol. The molecule has 1 aromatic heterocycles. The number of carboxylic acid groups (broad SMARTS) is 1. The van der Waals surface area contributed by atoms with Gasteiger partial charge in [-0.1, -0.05) is 0 Å². The summed E-state index contributed by atoms with van der Waals surface area (Å²) in [5.74, 6) is -3.03. The van der Waals surface area contributed by atoms with Gasteiger partial charge in [0.15, 0.2) is 11.7 Å². The molecule has 138 valence electrons. The number of urea groups is 1. The molecule has 7 N–H and O–H groups in total. The minimum absolute atomic E-state index is 0.233. The molecule has 0 saturated heterocycles. The van der Waals surface area contributed by atoms with Crippen molar-refractivity contribution in [2.24, 2.45) is 16.5 Å². The number of rotatable bonds is 5. The summed E-state index contributed by atoms with van der Waals surface area (Å²) in [7, 11) is -4.29. The Morgan fingerprint density at radius 2 is 2.00 bits per heavy atom. The zero-order valence-corrected chi connectivity index (χ0v) is 14.3. The van der Waals surface area contributed by atoms with Crippen molar-refractivity contribution < 1.29 is 27.5 Å². The summed E-state index contributed by atoms with van der Waals surface area (Å²) in [6.07, 6.45) is 0. The van der Waals surface area contributed by atoms with Gasteiger partial charge in [-0.25, -0.2) is 27.4 Å². The number of sulfonamides is 1. The number of aromatic carboxylic acids is 1. The number of nitrogens with one attached hydrogen (secondary N) is 2. The maximum atomic E-state index is 14.0. The van der Waals surface area contributed by atoms with E-state index in [-0.39, 0.29) is 10.7 Å². The standard InChI is InChI=1S/C12H11FN6O5S2/c13-6-3-5(1-2-7(6)17-12(22)18-11(14)15)26(23,24)19-9-8(10(20)21)16-4-25-9/h1-4,19H,(H,20,21)(H5,14,15,17,18,22). The molecule has 2 rings (SSSR count). The Bertz CT molecular complexity index is 999. The normalized spacial score (nSPS) is 10.8. The second kappa shape index (κ2) is 7.32. The number of aliphatic imine (C=N–C) groups is 1. The maximum absolute atomic E-state index is 14.0. The van der Waals surface area contributed by atoms with Gasteiger partial charge in [-0.3, -0.25) is 4.72 Å². The first-order chi connectivity index (χ1) is 12.1. The second-order valence-corrected chi connectivity index (χ2v) is 7.09. The van der Waals surface area contributed by atoms with E-state index >= 15 is 0 Å². The number of hydrogen-bond donors (Lipinski definition) is 5. The molecular weight excluding hydrogens is 391 g/mol. The van der Waals surface area contributed by atoms with Gasteiger partial charge in [0, 0.05) is 0 Å². The van der Waals surface area contributed by atoms with Crippen molar-refractivity contribution in [3.63, 3.8) is 0 Å². The molecule has 0 spiro atoms. The molecule has 11 nitrogen and oxygen atoms in total. The number of carbonyl (C=O) groups excluding carboxylic acids is 1. The molecule has 0 atom stereocenters. The highest BCUT2D eigenvalue weighted by Crippen LogP contribution is 2.25. The molecule has 1 aromatic carbocycles. The summed E-state index contributed by atoms with van der Waals surface area (Å²) in [5.41, 5.74) is 10.3. The van der Waals surface area contributed by atoms with Crippen LogP contribution in [0.3, 0.4) is 0 Å². The molecule has 0 fully saturated rings. The van der Waals surface area contributed by atoms with Crippen molar-refractivity contribution in [2.75, 3.05) is 10.0 Å². The van der Waals surface area contributed by atoms with E-state index in [1.807, 2.05) is 10.0 Å². The van der Waals surface area contributed by atoms with Crippen molar-refractivity contribution >= 4 is 50.0 Å². The van der Waals surface area contributed by atoms with Crippen LogP contribution >= 0.6 is 11.3 Å². The van der Waals surface area contributed by atoms with Gasteiger partial charge in [-0.15, -0.1) is 11.3 Å². The number of halogens is 1. The number of nitrogens with zero attached hydrogens (tertiary/aromatic N) is 2. The summed E-state index contributed by atoms with van der Waals surface area (Å²) in [5, 5.41) is 10.7. The van der Waals surface area contributed by atoms with Crippen molar-refractivity contribution in [2.45, 2.75) is 4.90 Å². The topological polar surface area (TPSA) is 190 Å². The highest BCUT2D eigenvalue weighted by molar-refractivity contribution is 7.93. The molecule has 0 bridgehead atoms. The number of guanidine groups is 1. The molecule has 26 heavy (non-hydrogen) atoms. The highest BCUT2D eigenvalue weighted by atomic mass is 32.2. The van der Waals surface area contributed by atoms with E-state index in [9.17, 15) is 22.4 Å². The number of anilines is 2. The Kier molecular flexibility index (Phi) is 5.37. The molecule has 2 aromatic rings. The Labute approximate surface area is 149 Å². The molecule has 0 aliphatic heterocycles. The van der Waals surface area contributed by atoms with Gasteiger partial charge in [-0.05, 0) is 18.2 Å². The van der Waals surface area contributed by atoms with Crippen LogP contribution in [0.1, 0.15) is 10.5 Å². The van der Waals surface area contributed by atoms with Crippen LogP contribution in [0.4, 0.5) is 19.9 Å². The Hall–Kier alpha value is -3.26. The number of aromatic nitrogens is 1. The molecule has 0 radical (unpaired) electrons. The molecule has 2 amide bonds. The van der Waals surface area contributed by atoms with Crippen LogP contribution in [0.25, 0.3) is 0 Å². The van der Waals surface area contributed by atoms with Gasteiger partial charge in [0.05, 0.1) is 16.1 Å². The summed E-state index contributed by atoms with van der Waals surface area (Å²) < 4.78 is 40.6. The van der Waals surface area contributed by atoms with E-state index in [1.54, 1.807) is 0 Å². The zero-order valence-electron chi connectivity index (χ0n) is 12.6. The first kappa shape index (κ1) is 19.1. The quantitative estimate of drug-likeness (QED) is 0.354. The predicted octanol–water partition coefficient (Wildman–Crippen LogP) is 0.587. The third-order valence-electron chi connectivity index (χ3n) is 2.72. The van der Waals surface area contributed by atoms with Gasteiger partial charge in [0.2, 0.25) is 0 Å². The fourth-order valence-electron chi connectivity index (χ4n) is 1.68. The largest absolute Gasteiger partial charge is 0.476 e. The van der Waals surface area contributed by atoms with E-state index < -0.39 is 44.4 Å². The van der Waals surface area contributed by atoms with Gasteiger partial charge >= 0.3 is 12.0 Å². The van der Waals surface area contributed by atoms with Gasteiger partial charge in [0.1, 0.15) is 10.8 Å². The SMILES string of the molecule is NC(N)=NC(=O)Nc1ccc(S(=O)(=O)Nc2scnc2C(=O)O)cc1F. The van der Waals surface area contributed by atoms with Gasteiger partial charge < -0.3 is 21.9 Å². The van der Waals surface area contributed by atoms with Crippen LogP contribution in [0.2, 0.25) is 0 Å². The zero-order chi connectivity index (χ0) is 19.5. The average Bonchev–Trinajstić information content (AvgIpc) is 2.96. The molecule has 1 heterocycles. The highest BCUT2D eigenvalue weighted by Gasteiger charge is 2.22. The Morgan fingerprint density at radius 3 is 2.58 bits per heavy atom. The van der Waals surface area contributed by atoms with Crippen LogP contribution in [0, 0.1) is 5.82 Å². The smallest absolute Gasteiger partial charge is 0.357 e. The lowest BCUT2D eigenvalue weighted by atomic mass is 10.3. The monoisotopic (exact) mass is 402 g/mol. The van der Waals surface area contributed by atoms with Crippen LogP contribution in [-0.2, 0) is 10.0 Å². The van der Waals surface area contributed by atoms with E-state index in [1.165, 1.54) is 0 Å². The van der Waals surface area contributed by atoms with E-state index in [0.29, 0.717) is 6.07 Å². The maximum Gasteiger partial charge on any atom is 0.357 e. The number of hydrogen-bond acceptors (Lipinski definition) is 6. The van der Waals surface area contributed by atoms with Gasteiger partial charge in [0.25, 0.3) is 10.0 Å². The van der Waals surface area contributed by atoms with Crippen LogP contribution in [0.5, 0.6) is 0 Å². The van der Waals surface area contributed by atoms with Crippen molar-refractivity contribution in [1.82, 2.24) is 4.98 Å². The van der Waals surface area contributed by atoms with Crippen LogP contribution in [-0.4, -0.2) is 36.5 Å². The minimum Gasteiger partial charge on any atom is -0.476 e. The lowest BCUT2D eigenvalue weighted by Crippen LogP contribution is -2.25. The van der Waals surface area contributed by atoms with Crippen molar-refractivity contribution in [3.05, 3.63) is 35.2 Å². The molecule has 0 aliphatic rings. The van der Waals surface area contributed by atoms with Crippen molar-refractivity contribution in [3.8, 4) is 0 Å². The fourth-order valence-corrected chi connectivity index (χ4v) is 3.68. The number of carbonyl (C=O) groups is 2.